The lowest BCUT2D eigenvalue weighted by Crippen LogP contribution is -1.97. The second kappa shape index (κ2) is 22.2. The third-order valence-electron chi connectivity index (χ3n) is 8.71. The number of nitrogens with zero attached hydrogens (tertiary/aromatic N) is 3. The molecule has 0 saturated heterocycles. The fourth-order valence-electron chi connectivity index (χ4n) is 5.71. The standard InChI is InChI=1S/C42H53N3O5/c1-3-5-7-9-11-13-15-17-31-48-38-27-20-34(21-28-38)19-22-35-23-24-37(33-40(35)45(46)47)42-43-41(44-50-42)36-25-29-39(30-26-36)49-32-18-16-14-12-10-8-6-4-2/h20-21,23-30,33H,3-18,31-32H2,1-2H3. The van der Waals surface area contributed by atoms with E-state index in [1.807, 2.05) is 48.5 Å². The Hall–Kier alpha value is -4.64. The summed E-state index contributed by atoms with van der Waals surface area (Å²) >= 11 is 0. The van der Waals surface area contributed by atoms with Crippen LogP contribution in [0, 0.1) is 22.0 Å². The first kappa shape index (κ1) is 38.2. The van der Waals surface area contributed by atoms with E-state index >= 15 is 0 Å². The lowest BCUT2D eigenvalue weighted by atomic mass is 10.1. The Kier molecular flexibility index (Phi) is 16.9. The van der Waals surface area contributed by atoms with Crippen molar-refractivity contribution in [1.82, 2.24) is 10.1 Å². The summed E-state index contributed by atoms with van der Waals surface area (Å²) in [6.07, 6.45) is 20.2. The number of nitro benzene ring substituents is 1. The molecule has 4 rings (SSSR count). The van der Waals surface area contributed by atoms with Crippen molar-refractivity contribution in [2.24, 2.45) is 0 Å². The van der Waals surface area contributed by atoms with E-state index in [4.69, 9.17) is 14.0 Å². The monoisotopic (exact) mass is 679 g/mol. The molecule has 50 heavy (non-hydrogen) atoms. The summed E-state index contributed by atoms with van der Waals surface area (Å²) in [6, 6.07) is 19.8. The molecule has 0 amide bonds. The van der Waals surface area contributed by atoms with E-state index in [2.05, 4.69) is 35.8 Å². The number of rotatable bonds is 23. The maximum Gasteiger partial charge on any atom is 0.285 e. The Balaban J connectivity index is 1.26. The smallest absolute Gasteiger partial charge is 0.285 e. The zero-order chi connectivity index (χ0) is 35.2. The van der Waals surface area contributed by atoms with Crippen LogP contribution in [0.25, 0.3) is 22.8 Å². The molecule has 0 atom stereocenters. The maximum atomic E-state index is 12.0. The molecule has 0 aliphatic heterocycles. The first-order valence-electron chi connectivity index (χ1n) is 18.7. The van der Waals surface area contributed by atoms with Crippen LogP contribution in [0.5, 0.6) is 11.5 Å². The van der Waals surface area contributed by atoms with Gasteiger partial charge in [0.15, 0.2) is 0 Å². The van der Waals surface area contributed by atoms with Crippen molar-refractivity contribution in [2.75, 3.05) is 13.2 Å². The van der Waals surface area contributed by atoms with Crippen LogP contribution in [0.2, 0.25) is 0 Å². The van der Waals surface area contributed by atoms with Gasteiger partial charge in [-0.25, -0.2) is 0 Å². The highest BCUT2D eigenvalue weighted by atomic mass is 16.6. The summed E-state index contributed by atoms with van der Waals surface area (Å²) in [6.45, 7) is 5.87. The summed E-state index contributed by atoms with van der Waals surface area (Å²) in [5.74, 6) is 8.17. The van der Waals surface area contributed by atoms with E-state index in [0.717, 1.165) is 35.5 Å². The summed E-state index contributed by atoms with van der Waals surface area (Å²) in [7, 11) is 0. The van der Waals surface area contributed by atoms with Crippen LogP contribution in [0.3, 0.4) is 0 Å². The highest BCUT2D eigenvalue weighted by Crippen LogP contribution is 2.28. The topological polar surface area (TPSA) is 101 Å². The van der Waals surface area contributed by atoms with E-state index < -0.39 is 4.92 Å². The van der Waals surface area contributed by atoms with Crippen LogP contribution in [0.4, 0.5) is 5.69 Å². The molecular weight excluding hydrogens is 626 g/mol. The first-order valence-corrected chi connectivity index (χ1v) is 18.7. The van der Waals surface area contributed by atoms with Gasteiger partial charge in [0.25, 0.3) is 11.6 Å². The number of aromatic nitrogens is 2. The fourth-order valence-corrected chi connectivity index (χ4v) is 5.71. The average molecular weight is 680 g/mol. The number of nitro groups is 1. The third-order valence-corrected chi connectivity index (χ3v) is 8.71. The van der Waals surface area contributed by atoms with Crippen LogP contribution in [-0.2, 0) is 0 Å². The van der Waals surface area contributed by atoms with E-state index in [1.54, 1.807) is 12.1 Å². The predicted octanol–water partition coefficient (Wildman–Crippen LogP) is 11.8. The highest BCUT2D eigenvalue weighted by Gasteiger charge is 2.18. The van der Waals surface area contributed by atoms with Crippen molar-refractivity contribution in [1.29, 1.82) is 0 Å². The zero-order valence-electron chi connectivity index (χ0n) is 30.0. The van der Waals surface area contributed by atoms with Gasteiger partial charge in [-0.2, -0.15) is 4.98 Å². The van der Waals surface area contributed by atoms with E-state index in [-0.39, 0.29) is 11.6 Å². The molecule has 0 saturated carbocycles. The number of benzene rings is 3. The van der Waals surface area contributed by atoms with Gasteiger partial charge in [-0.1, -0.05) is 121 Å². The Labute approximate surface area is 298 Å². The fraction of sp³-hybridized carbons (Fsp3) is 0.476. The number of ether oxygens (including phenoxy) is 2. The van der Waals surface area contributed by atoms with E-state index in [9.17, 15) is 10.1 Å². The van der Waals surface area contributed by atoms with Gasteiger partial charge in [-0.05, 0) is 73.5 Å². The van der Waals surface area contributed by atoms with E-state index in [1.165, 1.54) is 96.0 Å². The Morgan fingerprint density at radius 3 is 1.68 bits per heavy atom. The summed E-state index contributed by atoms with van der Waals surface area (Å²) in [4.78, 5) is 16.0. The van der Waals surface area contributed by atoms with Crippen LogP contribution in [0.1, 0.15) is 128 Å². The average Bonchev–Trinajstić information content (AvgIpc) is 3.64. The van der Waals surface area contributed by atoms with Crippen molar-refractivity contribution in [3.05, 3.63) is 88.0 Å². The molecule has 0 radical (unpaired) electrons. The number of hydrogen-bond donors (Lipinski definition) is 0. The summed E-state index contributed by atoms with van der Waals surface area (Å²) in [5.41, 5.74) is 2.13. The minimum atomic E-state index is -0.445. The highest BCUT2D eigenvalue weighted by molar-refractivity contribution is 5.66. The summed E-state index contributed by atoms with van der Waals surface area (Å²) < 4.78 is 17.3. The van der Waals surface area contributed by atoms with Gasteiger partial charge in [0.05, 0.1) is 18.1 Å². The van der Waals surface area contributed by atoms with Crippen molar-refractivity contribution in [3.63, 3.8) is 0 Å². The quantitative estimate of drug-likeness (QED) is 0.0333. The van der Waals surface area contributed by atoms with Gasteiger partial charge in [0.2, 0.25) is 5.82 Å². The molecule has 266 valence electrons. The molecular formula is C42H53N3O5. The first-order chi connectivity index (χ1) is 24.6. The molecule has 0 aliphatic carbocycles. The lowest BCUT2D eigenvalue weighted by Gasteiger charge is -2.06. The van der Waals surface area contributed by atoms with Gasteiger partial charge in [0, 0.05) is 22.8 Å². The maximum absolute atomic E-state index is 12.0. The minimum absolute atomic E-state index is 0.127. The van der Waals surface area contributed by atoms with Crippen LogP contribution < -0.4 is 9.47 Å². The molecule has 8 nitrogen and oxygen atoms in total. The second-order valence-electron chi connectivity index (χ2n) is 12.9. The number of hydrogen-bond acceptors (Lipinski definition) is 7. The molecule has 1 heterocycles. The molecule has 1 aromatic heterocycles. The van der Waals surface area contributed by atoms with Crippen molar-refractivity contribution in [3.8, 4) is 46.2 Å². The van der Waals surface area contributed by atoms with Gasteiger partial charge < -0.3 is 14.0 Å². The molecule has 0 spiro atoms. The van der Waals surface area contributed by atoms with Crippen LogP contribution in [-0.4, -0.2) is 28.3 Å². The largest absolute Gasteiger partial charge is 0.494 e. The molecule has 8 heteroatoms. The Morgan fingerprint density at radius 2 is 1.14 bits per heavy atom. The molecule has 0 unspecified atom stereocenters. The van der Waals surface area contributed by atoms with Crippen molar-refractivity contribution < 1.29 is 18.9 Å². The van der Waals surface area contributed by atoms with Gasteiger partial charge in [-0.3, -0.25) is 10.1 Å². The minimum Gasteiger partial charge on any atom is -0.494 e. The molecule has 0 N–H and O–H groups in total. The number of unbranched alkanes of at least 4 members (excludes halogenated alkanes) is 14. The second-order valence-corrected chi connectivity index (χ2v) is 12.9. The van der Waals surface area contributed by atoms with E-state index in [0.29, 0.717) is 30.2 Å². The zero-order valence-corrected chi connectivity index (χ0v) is 30.0. The molecule has 0 fully saturated rings. The lowest BCUT2D eigenvalue weighted by molar-refractivity contribution is -0.385. The molecule has 0 aliphatic rings. The van der Waals surface area contributed by atoms with Crippen molar-refractivity contribution in [2.45, 2.75) is 117 Å². The predicted molar refractivity (Wildman–Crippen MR) is 200 cm³/mol. The summed E-state index contributed by atoms with van der Waals surface area (Å²) in [5, 5.41) is 16.1. The Morgan fingerprint density at radius 1 is 0.640 bits per heavy atom. The Bertz CT molecular complexity index is 1620. The van der Waals surface area contributed by atoms with Gasteiger partial charge in [-0.15, -0.1) is 0 Å². The molecule has 3 aromatic carbocycles. The normalized spacial score (nSPS) is 10.8. The molecule has 0 bridgehead atoms. The molecule has 4 aromatic rings. The van der Waals surface area contributed by atoms with Gasteiger partial charge >= 0.3 is 0 Å². The van der Waals surface area contributed by atoms with Gasteiger partial charge in [0.1, 0.15) is 17.1 Å². The van der Waals surface area contributed by atoms with Crippen molar-refractivity contribution >= 4 is 5.69 Å². The van der Waals surface area contributed by atoms with Crippen LogP contribution in [0.15, 0.2) is 71.3 Å². The van der Waals surface area contributed by atoms with Crippen LogP contribution >= 0.6 is 0 Å². The third kappa shape index (κ3) is 13.3. The SMILES string of the molecule is CCCCCCCCCCOc1ccc(C#Cc2ccc(-c3nc(-c4ccc(OCCCCCCCCCC)cc4)no3)cc2[N+](=O)[O-])cc1.